The summed E-state index contributed by atoms with van der Waals surface area (Å²) in [7, 11) is 0. The lowest BCUT2D eigenvalue weighted by Crippen LogP contribution is -2.47. The van der Waals surface area contributed by atoms with Crippen LogP contribution in [0.4, 0.5) is 0 Å². The molecule has 1 N–H and O–H groups in total. The number of nitrogens with zero attached hydrogens (tertiary/aromatic N) is 2. The van der Waals surface area contributed by atoms with Gasteiger partial charge in [0, 0.05) is 31.7 Å². The zero-order chi connectivity index (χ0) is 20.0. The maximum atomic E-state index is 12.7. The molecule has 1 atom stereocenters. The minimum atomic E-state index is -0.324. The first-order chi connectivity index (χ1) is 12.9. The third-order valence-electron chi connectivity index (χ3n) is 4.78. The summed E-state index contributed by atoms with van der Waals surface area (Å²) in [4.78, 5) is 40.5. The van der Waals surface area contributed by atoms with Gasteiger partial charge in [-0.15, -0.1) is 0 Å². The average Bonchev–Trinajstić information content (AvgIpc) is 2.68. The van der Waals surface area contributed by atoms with Gasteiger partial charge in [0.05, 0.1) is 22.5 Å². The molecule has 1 aromatic rings. The van der Waals surface area contributed by atoms with E-state index in [0.717, 1.165) is 6.42 Å². The number of carbonyl (C=O) groups excluding carboxylic acids is 3. The maximum absolute atomic E-state index is 12.7. The predicted octanol–water partition coefficient (Wildman–Crippen LogP) is 2.83. The summed E-state index contributed by atoms with van der Waals surface area (Å²) >= 11 is 11.9. The largest absolute Gasteiger partial charge is 0.347 e. The Morgan fingerprint density at radius 3 is 2.52 bits per heavy atom. The highest BCUT2D eigenvalue weighted by Gasteiger charge is 2.29. The first-order valence-corrected chi connectivity index (χ1v) is 9.92. The number of carbonyl (C=O) groups is 3. The van der Waals surface area contributed by atoms with Gasteiger partial charge in [0.25, 0.3) is 5.91 Å². The van der Waals surface area contributed by atoms with Gasteiger partial charge in [0.2, 0.25) is 11.8 Å². The number of amides is 3. The van der Waals surface area contributed by atoms with Crippen LogP contribution in [0.2, 0.25) is 10.0 Å². The molecule has 148 valence electrons. The fraction of sp³-hybridized carbons (Fsp3) is 0.526. The second kappa shape index (κ2) is 9.95. The van der Waals surface area contributed by atoms with Crippen molar-refractivity contribution in [2.75, 3.05) is 32.7 Å². The molecular formula is C19H25Cl2N3O3. The molecule has 1 aromatic carbocycles. The third-order valence-corrected chi connectivity index (χ3v) is 5.51. The van der Waals surface area contributed by atoms with Crippen molar-refractivity contribution in [2.24, 2.45) is 5.92 Å². The Bertz CT molecular complexity index is 707. The van der Waals surface area contributed by atoms with E-state index >= 15 is 0 Å². The Labute approximate surface area is 169 Å². The number of nitrogens with one attached hydrogen (secondary N) is 1. The van der Waals surface area contributed by atoms with E-state index in [0.29, 0.717) is 48.2 Å². The van der Waals surface area contributed by atoms with Crippen LogP contribution in [0.3, 0.4) is 0 Å². The van der Waals surface area contributed by atoms with E-state index in [1.807, 2.05) is 13.8 Å². The number of hydrogen-bond donors (Lipinski definition) is 1. The van der Waals surface area contributed by atoms with Gasteiger partial charge < -0.3 is 15.1 Å². The second-order valence-electron chi connectivity index (χ2n) is 6.50. The van der Waals surface area contributed by atoms with E-state index < -0.39 is 0 Å². The molecule has 1 fully saturated rings. The van der Waals surface area contributed by atoms with Gasteiger partial charge in [-0.3, -0.25) is 14.4 Å². The predicted molar refractivity (Wildman–Crippen MR) is 106 cm³/mol. The maximum Gasteiger partial charge on any atom is 0.253 e. The smallest absolute Gasteiger partial charge is 0.253 e. The monoisotopic (exact) mass is 413 g/mol. The van der Waals surface area contributed by atoms with Crippen molar-refractivity contribution in [1.29, 1.82) is 0 Å². The van der Waals surface area contributed by atoms with Crippen LogP contribution in [0.15, 0.2) is 18.2 Å². The summed E-state index contributed by atoms with van der Waals surface area (Å²) < 4.78 is 0. The molecule has 27 heavy (non-hydrogen) atoms. The Hall–Kier alpha value is -1.79. The molecule has 1 aliphatic heterocycles. The lowest BCUT2D eigenvalue weighted by molar-refractivity contribution is -0.134. The molecule has 0 bridgehead atoms. The van der Waals surface area contributed by atoms with Gasteiger partial charge in [0.15, 0.2) is 0 Å². The van der Waals surface area contributed by atoms with E-state index in [4.69, 9.17) is 23.2 Å². The molecule has 0 aromatic heterocycles. The van der Waals surface area contributed by atoms with Crippen LogP contribution in [-0.4, -0.2) is 60.2 Å². The van der Waals surface area contributed by atoms with E-state index in [2.05, 4.69) is 5.32 Å². The van der Waals surface area contributed by atoms with E-state index in [9.17, 15) is 14.4 Å². The van der Waals surface area contributed by atoms with E-state index in [1.54, 1.807) is 28.0 Å². The third kappa shape index (κ3) is 5.59. The van der Waals surface area contributed by atoms with Gasteiger partial charge in [-0.1, -0.05) is 23.2 Å². The van der Waals surface area contributed by atoms with Crippen LogP contribution in [0.5, 0.6) is 0 Å². The molecule has 3 amide bonds. The summed E-state index contributed by atoms with van der Waals surface area (Å²) in [5, 5.41) is 3.42. The molecular weight excluding hydrogens is 389 g/mol. The molecule has 1 heterocycles. The van der Waals surface area contributed by atoms with Gasteiger partial charge >= 0.3 is 0 Å². The summed E-state index contributed by atoms with van der Waals surface area (Å²) in [6, 6.07) is 4.76. The summed E-state index contributed by atoms with van der Waals surface area (Å²) in [6.07, 6.45) is 1.42. The Morgan fingerprint density at radius 1 is 1.19 bits per heavy atom. The molecule has 6 nitrogen and oxygen atoms in total. The minimum absolute atomic E-state index is 0.0161. The van der Waals surface area contributed by atoms with Crippen molar-refractivity contribution in [3.8, 4) is 0 Å². The van der Waals surface area contributed by atoms with Crippen molar-refractivity contribution in [1.82, 2.24) is 15.1 Å². The zero-order valence-electron chi connectivity index (χ0n) is 15.6. The van der Waals surface area contributed by atoms with E-state index in [1.165, 1.54) is 0 Å². The lowest BCUT2D eigenvalue weighted by Gasteiger charge is -2.32. The van der Waals surface area contributed by atoms with Crippen molar-refractivity contribution < 1.29 is 14.4 Å². The van der Waals surface area contributed by atoms with Crippen LogP contribution in [0.25, 0.3) is 0 Å². The van der Waals surface area contributed by atoms with Crippen molar-refractivity contribution in [3.05, 3.63) is 33.8 Å². The van der Waals surface area contributed by atoms with Crippen LogP contribution in [0, 0.1) is 5.92 Å². The average molecular weight is 414 g/mol. The standard InChI is InChI=1S/C19H25Cl2N3O3/c1-3-23(4-2)17(25)11-22-18(26)14-6-5-9-24(12-14)19(27)13-7-8-15(20)16(21)10-13/h7-8,10,14H,3-6,9,11-12H2,1-2H3,(H,22,26). The van der Waals surface area contributed by atoms with Crippen LogP contribution >= 0.6 is 23.2 Å². The summed E-state index contributed by atoms with van der Waals surface area (Å²) in [5.41, 5.74) is 0.446. The topological polar surface area (TPSA) is 69.7 Å². The molecule has 1 saturated heterocycles. The number of rotatable bonds is 6. The Kier molecular flexibility index (Phi) is 7.92. The Balaban J connectivity index is 1.94. The molecule has 0 spiro atoms. The zero-order valence-corrected chi connectivity index (χ0v) is 17.1. The second-order valence-corrected chi connectivity index (χ2v) is 7.32. The van der Waals surface area contributed by atoms with Gasteiger partial charge in [-0.05, 0) is 44.9 Å². The number of hydrogen-bond acceptors (Lipinski definition) is 3. The first-order valence-electron chi connectivity index (χ1n) is 9.17. The van der Waals surface area contributed by atoms with Crippen LogP contribution in [-0.2, 0) is 9.59 Å². The molecule has 2 rings (SSSR count). The molecule has 0 saturated carbocycles. The van der Waals surface area contributed by atoms with Crippen LogP contribution in [0.1, 0.15) is 37.0 Å². The minimum Gasteiger partial charge on any atom is -0.347 e. The van der Waals surface area contributed by atoms with Gasteiger partial charge in [0.1, 0.15) is 0 Å². The fourth-order valence-electron chi connectivity index (χ4n) is 3.18. The highest BCUT2D eigenvalue weighted by atomic mass is 35.5. The van der Waals surface area contributed by atoms with Crippen molar-refractivity contribution >= 4 is 40.9 Å². The number of likely N-dealkylation sites (tertiary alicyclic amines) is 1. The van der Waals surface area contributed by atoms with Gasteiger partial charge in [-0.25, -0.2) is 0 Å². The van der Waals surface area contributed by atoms with Crippen LogP contribution < -0.4 is 5.32 Å². The highest BCUT2D eigenvalue weighted by Crippen LogP contribution is 2.25. The number of likely N-dealkylation sites (N-methyl/N-ethyl adjacent to an activating group) is 1. The van der Waals surface area contributed by atoms with Gasteiger partial charge in [-0.2, -0.15) is 0 Å². The van der Waals surface area contributed by atoms with Crippen molar-refractivity contribution in [2.45, 2.75) is 26.7 Å². The number of piperidine rings is 1. The quantitative estimate of drug-likeness (QED) is 0.779. The molecule has 0 radical (unpaired) electrons. The fourth-order valence-corrected chi connectivity index (χ4v) is 3.48. The lowest BCUT2D eigenvalue weighted by atomic mass is 9.96. The first kappa shape index (κ1) is 21.5. The Morgan fingerprint density at radius 2 is 1.89 bits per heavy atom. The molecule has 1 unspecified atom stereocenters. The summed E-state index contributed by atoms with van der Waals surface area (Å²) in [5.74, 6) is -0.796. The molecule has 0 aliphatic carbocycles. The van der Waals surface area contributed by atoms with E-state index in [-0.39, 0.29) is 30.2 Å². The number of halogens is 2. The highest BCUT2D eigenvalue weighted by molar-refractivity contribution is 6.42. The SMILES string of the molecule is CCN(CC)C(=O)CNC(=O)C1CCCN(C(=O)c2ccc(Cl)c(Cl)c2)C1. The van der Waals surface area contributed by atoms with Crippen molar-refractivity contribution in [3.63, 3.8) is 0 Å². The normalized spacial score (nSPS) is 16.7. The summed E-state index contributed by atoms with van der Waals surface area (Å²) in [6.45, 7) is 5.91. The molecule has 1 aliphatic rings. The molecule has 8 heteroatoms. The number of benzene rings is 1.